The van der Waals surface area contributed by atoms with Crippen molar-refractivity contribution in [1.82, 2.24) is 10.2 Å². The summed E-state index contributed by atoms with van der Waals surface area (Å²) in [5, 5.41) is 3.32. The Labute approximate surface area is 230 Å². The fraction of sp³-hybridized carbons (Fsp3) is 0.310. The van der Waals surface area contributed by atoms with Crippen LogP contribution < -0.4 is 9.62 Å². The highest BCUT2D eigenvalue weighted by Gasteiger charge is 2.32. The van der Waals surface area contributed by atoms with E-state index in [2.05, 4.69) is 5.32 Å². The lowest BCUT2D eigenvalue weighted by molar-refractivity contribution is -0.139. The second-order valence-electron chi connectivity index (χ2n) is 9.63. The molecule has 1 N–H and O–H groups in total. The molecule has 0 unspecified atom stereocenters. The smallest absolute Gasteiger partial charge is 0.264 e. The fourth-order valence-electron chi connectivity index (χ4n) is 3.90. The summed E-state index contributed by atoms with van der Waals surface area (Å²) in [6, 6.07) is 21.0. The minimum absolute atomic E-state index is 0.0516. The van der Waals surface area contributed by atoms with Gasteiger partial charge in [-0.15, -0.1) is 0 Å². The lowest BCUT2D eigenvalue weighted by Gasteiger charge is -2.32. The number of carbonyl (C=O) groups excluding carboxylic acids is 2. The summed E-state index contributed by atoms with van der Waals surface area (Å²) in [4.78, 5) is 28.3. The van der Waals surface area contributed by atoms with Gasteiger partial charge in [0.25, 0.3) is 10.0 Å². The van der Waals surface area contributed by atoms with Crippen LogP contribution in [0.4, 0.5) is 5.69 Å². The van der Waals surface area contributed by atoms with E-state index in [0.29, 0.717) is 17.3 Å². The molecule has 9 heteroatoms. The molecule has 0 heterocycles. The Morgan fingerprint density at radius 1 is 0.921 bits per heavy atom. The second kappa shape index (κ2) is 12.9. The molecule has 0 aliphatic rings. The van der Waals surface area contributed by atoms with Gasteiger partial charge < -0.3 is 10.2 Å². The van der Waals surface area contributed by atoms with Crippen LogP contribution in [-0.4, -0.2) is 44.3 Å². The average Bonchev–Trinajstić information content (AvgIpc) is 2.89. The zero-order valence-electron chi connectivity index (χ0n) is 22.1. The number of halogens is 1. The lowest BCUT2D eigenvalue weighted by atomic mass is 10.1. The molecule has 3 rings (SSSR count). The highest BCUT2D eigenvalue weighted by Crippen LogP contribution is 2.26. The van der Waals surface area contributed by atoms with E-state index in [9.17, 15) is 18.0 Å². The number of amides is 2. The predicted octanol–water partition coefficient (Wildman–Crippen LogP) is 5.03. The number of sulfonamides is 1. The molecule has 3 aromatic rings. The van der Waals surface area contributed by atoms with Crippen LogP contribution in [0.1, 0.15) is 31.9 Å². The molecule has 0 aliphatic heterocycles. The predicted molar refractivity (Wildman–Crippen MR) is 151 cm³/mol. The maximum absolute atomic E-state index is 13.9. The summed E-state index contributed by atoms with van der Waals surface area (Å²) in [6.45, 7) is 7.70. The fourth-order valence-corrected chi connectivity index (χ4v) is 5.46. The van der Waals surface area contributed by atoms with E-state index in [4.69, 9.17) is 11.6 Å². The van der Waals surface area contributed by atoms with Crippen molar-refractivity contribution >= 4 is 39.1 Å². The van der Waals surface area contributed by atoms with Crippen molar-refractivity contribution < 1.29 is 18.0 Å². The lowest BCUT2D eigenvalue weighted by Crippen LogP contribution is -2.51. The summed E-state index contributed by atoms with van der Waals surface area (Å²) in [7, 11) is -4.10. The molecule has 7 nitrogen and oxygen atoms in total. The first-order chi connectivity index (χ1) is 18.0. The van der Waals surface area contributed by atoms with Crippen LogP contribution in [0.15, 0.2) is 83.8 Å². The number of aryl methyl sites for hydroxylation is 1. The minimum Gasteiger partial charge on any atom is -0.354 e. The van der Waals surface area contributed by atoms with Gasteiger partial charge in [-0.05, 0) is 61.7 Å². The summed E-state index contributed by atoms with van der Waals surface area (Å²) in [5.41, 5.74) is 2.14. The zero-order valence-corrected chi connectivity index (χ0v) is 23.7. The van der Waals surface area contributed by atoms with E-state index >= 15 is 0 Å². The molecule has 0 aromatic heterocycles. The van der Waals surface area contributed by atoms with Gasteiger partial charge in [0.1, 0.15) is 12.6 Å². The number of nitrogens with zero attached hydrogens (tertiary/aromatic N) is 2. The van der Waals surface area contributed by atoms with E-state index in [0.717, 1.165) is 15.4 Å². The van der Waals surface area contributed by atoms with Gasteiger partial charge in [0.05, 0.1) is 10.6 Å². The number of carbonyl (C=O) groups is 2. The van der Waals surface area contributed by atoms with Crippen LogP contribution in [0.3, 0.4) is 0 Å². The van der Waals surface area contributed by atoms with Crippen LogP contribution in [0.2, 0.25) is 5.02 Å². The van der Waals surface area contributed by atoms with Gasteiger partial charge >= 0.3 is 0 Å². The van der Waals surface area contributed by atoms with Crippen molar-refractivity contribution in [2.75, 3.05) is 17.4 Å². The van der Waals surface area contributed by atoms with Gasteiger partial charge in [-0.1, -0.05) is 73.5 Å². The summed E-state index contributed by atoms with van der Waals surface area (Å²) < 4.78 is 28.5. The first-order valence-electron chi connectivity index (χ1n) is 12.4. The van der Waals surface area contributed by atoms with Gasteiger partial charge in [-0.25, -0.2) is 8.42 Å². The second-order valence-corrected chi connectivity index (χ2v) is 11.9. The molecule has 0 radical (unpaired) electrons. The number of nitrogens with one attached hydrogen (secondary N) is 1. The quantitative estimate of drug-likeness (QED) is 0.359. The highest BCUT2D eigenvalue weighted by molar-refractivity contribution is 7.92. The highest BCUT2D eigenvalue weighted by atomic mass is 35.5. The maximum Gasteiger partial charge on any atom is 0.264 e. The minimum atomic E-state index is -4.10. The van der Waals surface area contributed by atoms with Gasteiger partial charge in [-0.2, -0.15) is 0 Å². The zero-order chi connectivity index (χ0) is 27.9. The van der Waals surface area contributed by atoms with E-state index in [1.807, 2.05) is 45.0 Å². The molecule has 0 bridgehead atoms. The summed E-state index contributed by atoms with van der Waals surface area (Å²) in [6.07, 6.45) is 0. The van der Waals surface area contributed by atoms with Crippen LogP contribution in [0.25, 0.3) is 0 Å². The first-order valence-corrected chi connectivity index (χ1v) is 14.3. The third kappa shape index (κ3) is 7.58. The summed E-state index contributed by atoms with van der Waals surface area (Å²) in [5.74, 6) is -0.569. The number of hydrogen-bond donors (Lipinski definition) is 1. The normalized spacial score (nSPS) is 12.2. The third-order valence-electron chi connectivity index (χ3n) is 6.01. The Balaban J connectivity index is 1.99. The van der Waals surface area contributed by atoms with Crippen molar-refractivity contribution in [3.05, 3.63) is 95.0 Å². The maximum atomic E-state index is 13.9. The number of benzene rings is 3. The molecule has 38 heavy (non-hydrogen) atoms. The topological polar surface area (TPSA) is 86.8 Å². The van der Waals surface area contributed by atoms with E-state index in [-0.39, 0.29) is 23.3 Å². The van der Waals surface area contributed by atoms with Crippen molar-refractivity contribution in [1.29, 1.82) is 0 Å². The third-order valence-corrected chi connectivity index (χ3v) is 8.05. The van der Waals surface area contributed by atoms with Crippen LogP contribution in [-0.2, 0) is 26.2 Å². The molecule has 0 saturated carbocycles. The van der Waals surface area contributed by atoms with Crippen LogP contribution in [0, 0.1) is 12.8 Å². The van der Waals surface area contributed by atoms with E-state index in [1.165, 1.54) is 17.0 Å². The SMILES string of the molecule is Cc1cccc(CN(C(=O)CN(c2ccc(Cl)cc2)S(=O)(=O)c2ccccc2)[C@H](C)C(=O)NCC(C)C)c1. The van der Waals surface area contributed by atoms with Crippen molar-refractivity contribution in [3.8, 4) is 0 Å². The largest absolute Gasteiger partial charge is 0.354 e. The molecule has 0 fully saturated rings. The first kappa shape index (κ1) is 29.2. The Hall–Kier alpha value is -3.36. The van der Waals surface area contributed by atoms with Gasteiger partial charge in [0, 0.05) is 18.1 Å². The molecule has 3 aromatic carbocycles. The Morgan fingerprint density at radius 2 is 1.58 bits per heavy atom. The van der Waals surface area contributed by atoms with Crippen molar-refractivity contribution in [3.63, 3.8) is 0 Å². The Bertz CT molecular complexity index is 1350. The average molecular weight is 556 g/mol. The number of anilines is 1. The Morgan fingerprint density at radius 3 is 2.18 bits per heavy atom. The summed E-state index contributed by atoms with van der Waals surface area (Å²) >= 11 is 6.05. The number of hydrogen-bond acceptors (Lipinski definition) is 4. The van der Waals surface area contributed by atoms with Gasteiger partial charge in [0.15, 0.2) is 0 Å². The number of rotatable bonds is 11. The molecular weight excluding hydrogens is 522 g/mol. The monoisotopic (exact) mass is 555 g/mol. The molecule has 0 spiro atoms. The molecule has 2 amide bonds. The van der Waals surface area contributed by atoms with Gasteiger partial charge in [-0.3, -0.25) is 13.9 Å². The van der Waals surface area contributed by atoms with Crippen LogP contribution >= 0.6 is 11.6 Å². The molecule has 1 atom stereocenters. The van der Waals surface area contributed by atoms with Crippen molar-refractivity contribution in [2.45, 2.75) is 45.2 Å². The van der Waals surface area contributed by atoms with Crippen molar-refractivity contribution in [2.24, 2.45) is 5.92 Å². The Kier molecular flexibility index (Phi) is 9.94. The van der Waals surface area contributed by atoms with E-state index < -0.39 is 28.5 Å². The molecule has 0 saturated heterocycles. The van der Waals surface area contributed by atoms with Crippen LogP contribution in [0.5, 0.6) is 0 Å². The van der Waals surface area contributed by atoms with Gasteiger partial charge in [0.2, 0.25) is 11.8 Å². The van der Waals surface area contributed by atoms with E-state index in [1.54, 1.807) is 49.4 Å². The molecule has 0 aliphatic carbocycles. The molecular formula is C29H34ClN3O4S. The molecule has 202 valence electrons. The standard InChI is InChI=1S/C29H34ClN3O4S/c1-21(2)18-31-29(35)23(4)32(19-24-10-8-9-22(3)17-24)28(34)20-33(26-15-13-25(30)14-16-26)38(36,37)27-11-6-5-7-12-27/h5-17,21,23H,18-20H2,1-4H3,(H,31,35)/t23-/m1/s1.